The molecular formula is C14H18F2N2O2. The highest BCUT2D eigenvalue weighted by atomic mass is 19.3. The summed E-state index contributed by atoms with van der Waals surface area (Å²) in [7, 11) is 2.03. The van der Waals surface area contributed by atoms with Crippen LogP contribution in [0.5, 0.6) is 0 Å². The lowest BCUT2D eigenvalue weighted by atomic mass is 10.0. The van der Waals surface area contributed by atoms with Crippen LogP contribution in [0.15, 0.2) is 18.2 Å². The quantitative estimate of drug-likeness (QED) is 0.919. The van der Waals surface area contributed by atoms with E-state index in [4.69, 9.17) is 5.11 Å². The van der Waals surface area contributed by atoms with Gasteiger partial charge in [0.1, 0.15) is 0 Å². The van der Waals surface area contributed by atoms with E-state index in [1.54, 1.807) is 0 Å². The van der Waals surface area contributed by atoms with Crippen molar-refractivity contribution in [2.45, 2.75) is 13.0 Å². The summed E-state index contributed by atoms with van der Waals surface area (Å²) >= 11 is 0. The van der Waals surface area contributed by atoms with Crippen LogP contribution in [0.2, 0.25) is 0 Å². The number of likely N-dealkylation sites (N-methyl/N-ethyl adjacent to an activating group) is 1. The van der Waals surface area contributed by atoms with Crippen molar-refractivity contribution in [3.8, 4) is 0 Å². The number of benzene rings is 1. The summed E-state index contributed by atoms with van der Waals surface area (Å²) in [4.78, 5) is 15.2. The zero-order valence-corrected chi connectivity index (χ0v) is 11.4. The van der Waals surface area contributed by atoms with Crippen molar-refractivity contribution < 1.29 is 18.7 Å². The highest BCUT2D eigenvalue weighted by Gasteiger charge is 2.19. The fraction of sp³-hybridized carbons (Fsp3) is 0.500. The van der Waals surface area contributed by atoms with Crippen LogP contribution in [0.4, 0.5) is 8.78 Å². The Balaban J connectivity index is 2.16. The van der Waals surface area contributed by atoms with Gasteiger partial charge in [0.2, 0.25) is 0 Å². The SMILES string of the molecule is CN1CCN(Cc2ccc(C(=O)O)cc2C(F)F)CC1. The van der Waals surface area contributed by atoms with Crippen LogP contribution in [0, 0.1) is 0 Å². The molecule has 0 aromatic heterocycles. The molecule has 1 aliphatic rings. The predicted octanol–water partition coefficient (Wildman–Crippen LogP) is 2.07. The molecule has 1 fully saturated rings. The van der Waals surface area contributed by atoms with Gasteiger partial charge in [-0.25, -0.2) is 13.6 Å². The molecule has 0 amide bonds. The number of alkyl halides is 2. The molecule has 0 unspecified atom stereocenters. The van der Waals surface area contributed by atoms with Crippen molar-refractivity contribution in [2.24, 2.45) is 0 Å². The second kappa shape index (κ2) is 6.28. The first-order valence-corrected chi connectivity index (χ1v) is 6.52. The zero-order valence-electron chi connectivity index (χ0n) is 11.4. The minimum Gasteiger partial charge on any atom is -0.478 e. The van der Waals surface area contributed by atoms with Gasteiger partial charge in [0.15, 0.2) is 0 Å². The molecule has 1 N–H and O–H groups in total. The second-order valence-electron chi connectivity index (χ2n) is 5.10. The molecular weight excluding hydrogens is 266 g/mol. The van der Waals surface area contributed by atoms with E-state index in [9.17, 15) is 13.6 Å². The van der Waals surface area contributed by atoms with E-state index in [1.165, 1.54) is 12.1 Å². The maximum absolute atomic E-state index is 13.1. The molecule has 20 heavy (non-hydrogen) atoms. The summed E-state index contributed by atoms with van der Waals surface area (Å²) in [6, 6.07) is 3.97. The monoisotopic (exact) mass is 284 g/mol. The first kappa shape index (κ1) is 14.9. The molecule has 1 saturated heterocycles. The van der Waals surface area contributed by atoms with Gasteiger partial charge in [-0.3, -0.25) is 4.90 Å². The van der Waals surface area contributed by atoms with Crippen molar-refractivity contribution in [3.63, 3.8) is 0 Å². The van der Waals surface area contributed by atoms with Gasteiger partial charge in [0, 0.05) is 38.3 Å². The predicted molar refractivity (Wildman–Crippen MR) is 71.1 cm³/mol. The van der Waals surface area contributed by atoms with E-state index >= 15 is 0 Å². The Hall–Kier alpha value is -1.53. The Bertz CT molecular complexity index is 486. The standard InChI is InChI=1S/C14H18F2N2O2/c1-17-4-6-18(7-5-17)9-11-3-2-10(14(19)20)8-12(11)13(15)16/h2-3,8,13H,4-7,9H2,1H3,(H,19,20). The van der Waals surface area contributed by atoms with E-state index < -0.39 is 12.4 Å². The van der Waals surface area contributed by atoms with E-state index in [0.717, 1.165) is 32.2 Å². The van der Waals surface area contributed by atoms with Crippen molar-refractivity contribution >= 4 is 5.97 Å². The van der Waals surface area contributed by atoms with E-state index in [2.05, 4.69) is 9.80 Å². The number of halogens is 2. The lowest BCUT2D eigenvalue weighted by Crippen LogP contribution is -2.44. The first-order chi connectivity index (χ1) is 9.47. The molecule has 0 atom stereocenters. The van der Waals surface area contributed by atoms with Crippen molar-refractivity contribution in [1.29, 1.82) is 0 Å². The molecule has 0 spiro atoms. The maximum Gasteiger partial charge on any atom is 0.335 e. The average Bonchev–Trinajstić information content (AvgIpc) is 2.41. The normalized spacial score (nSPS) is 17.6. The molecule has 1 aliphatic heterocycles. The number of rotatable bonds is 4. The lowest BCUT2D eigenvalue weighted by molar-refractivity contribution is 0.0696. The minimum absolute atomic E-state index is 0.0950. The number of carboxylic acid groups (broad SMARTS) is 1. The van der Waals surface area contributed by atoms with Crippen LogP contribution >= 0.6 is 0 Å². The van der Waals surface area contributed by atoms with E-state index in [-0.39, 0.29) is 11.1 Å². The van der Waals surface area contributed by atoms with Crippen LogP contribution < -0.4 is 0 Å². The Kier molecular flexibility index (Phi) is 4.67. The van der Waals surface area contributed by atoms with Crippen molar-refractivity contribution in [3.05, 3.63) is 34.9 Å². The molecule has 110 valence electrons. The van der Waals surface area contributed by atoms with E-state index in [0.29, 0.717) is 12.1 Å². The number of hydrogen-bond donors (Lipinski definition) is 1. The summed E-state index contributed by atoms with van der Waals surface area (Å²) in [5.74, 6) is -1.18. The zero-order chi connectivity index (χ0) is 14.7. The van der Waals surface area contributed by atoms with Crippen LogP contribution in [0.25, 0.3) is 0 Å². The van der Waals surface area contributed by atoms with Crippen LogP contribution in [0.3, 0.4) is 0 Å². The van der Waals surface area contributed by atoms with Gasteiger partial charge < -0.3 is 10.0 Å². The molecule has 0 aliphatic carbocycles. The summed E-state index contributed by atoms with van der Waals surface area (Å²) in [6.07, 6.45) is -2.66. The van der Waals surface area contributed by atoms with Gasteiger partial charge in [-0.1, -0.05) is 6.07 Å². The fourth-order valence-electron chi connectivity index (χ4n) is 2.32. The summed E-state index contributed by atoms with van der Waals surface area (Å²) in [5, 5.41) is 8.87. The maximum atomic E-state index is 13.1. The molecule has 1 aromatic carbocycles. The van der Waals surface area contributed by atoms with Gasteiger partial charge in [-0.15, -0.1) is 0 Å². The average molecular weight is 284 g/mol. The molecule has 0 saturated carbocycles. The number of nitrogens with zero attached hydrogens (tertiary/aromatic N) is 2. The van der Waals surface area contributed by atoms with Gasteiger partial charge in [-0.2, -0.15) is 0 Å². The van der Waals surface area contributed by atoms with Gasteiger partial charge in [0.05, 0.1) is 5.56 Å². The number of carbonyl (C=O) groups is 1. The van der Waals surface area contributed by atoms with Crippen molar-refractivity contribution in [2.75, 3.05) is 33.2 Å². The Morgan fingerprint density at radius 3 is 2.50 bits per heavy atom. The van der Waals surface area contributed by atoms with Crippen LogP contribution in [-0.2, 0) is 6.54 Å². The third-order valence-electron chi connectivity index (χ3n) is 3.62. The number of piperazine rings is 1. The molecule has 1 heterocycles. The number of hydrogen-bond acceptors (Lipinski definition) is 3. The lowest BCUT2D eigenvalue weighted by Gasteiger charge is -2.32. The van der Waals surface area contributed by atoms with Gasteiger partial charge in [0.25, 0.3) is 6.43 Å². The smallest absolute Gasteiger partial charge is 0.335 e. The summed E-state index contributed by atoms with van der Waals surface area (Å²) in [5.41, 5.74) is 0.237. The van der Waals surface area contributed by atoms with Gasteiger partial charge >= 0.3 is 5.97 Å². The molecule has 1 aromatic rings. The largest absolute Gasteiger partial charge is 0.478 e. The van der Waals surface area contributed by atoms with E-state index in [1.807, 2.05) is 7.05 Å². The minimum atomic E-state index is -2.66. The second-order valence-corrected chi connectivity index (χ2v) is 5.10. The third kappa shape index (κ3) is 3.52. The Morgan fingerprint density at radius 1 is 1.30 bits per heavy atom. The molecule has 6 heteroatoms. The topological polar surface area (TPSA) is 43.8 Å². The van der Waals surface area contributed by atoms with Gasteiger partial charge in [-0.05, 0) is 24.7 Å². The highest BCUT2D eigenvalue weighted by molar-refractivity contribution is 5.87. The molecule has 4 nitrogen and oxygen atoms in total. The third-order valence-corrected chi connectivity index (χ3v) is 3.62. The van der Waals surface area contributed by atoms with Crippen LogP contribution in [0.1, 0.15) is 27.9 Å². The molecule has 2 rings (SSSR count). The number of carboxylic acids is 1. The molecule has 0 bridgehead atoms. The summed E-state index contributed by atoms with van der Waals surface area (Å²) < 4.78 is 26.1. The fourth-order valence-corrected chi connectivity index (χ4v) is 2.32. The number of aromatic carboxylic acids is 1. The first-order valence-electron chi connectivity index (χ1n) is 6.52. The van der Waals surface area contributed by atoms with Crippen molar-refractivity contribution in [1.82, 2.24) is 9.80 Å². The Morgan fingerprint density at radius 2 is 1.95 bits per heavy atom. The highest BCUT2D eigenvalue weighted by Crippen LogP contribution is 2.25. The molecule has 0 radical (unpaired) electrons. The summed E-state index contributed by atoms with van der Waals surface area (Å²) in [6.45, 7) is 3.93. The van der Waals surface area contributed by atoms with Crippen LogP contribution in [-0.4, -0.2) is 54.1 Å². The Labute approximate surface area is 116 Å².